The van der Waals surface area contributed by atoms with E-state index in [-0.39, 0.29) is 27.3 Å². The second kappa shape index (κ2) is 4.82. The van der Waals surface area contributed by atoms with Gasteiger partial charge in [0.25, 0.3) is 0 Å². The van der Waals surface area contributed by atoms with Crippen molar-refractivity contribution >= 4 is 22.6 Å². The predicted molar refractivity (Wildman–Crippen MR) is 81.0 cm³/mol. The van der Waals surface area contributed by atoms with Gasteiger partial charge in [-0.25, -0.2) is 0 Å². The van der Waals surface area contributed by atoms with Crippen molar-refractivity contribution in [2.45, 2.75) is 6.92 Å². The van der Waals surface area contributed by atoms with E-state index in [1.807, 2.05) is 0 Å². The van der Waals surface area contributed by atoms with Crippen LogP contribution in [0.3, 0.4) is 0 Å². The Morgan fingerprint density at radius 2 is 1.86 bits per heavy atom. The molecule has 0 bridgehead atoms. The molecule has 0 amide bonds. The maximum atomic E-state index is 12.4. The minimum atomic E-state index is -0.298. The van der Waals surface area contributed by atoms with E-state index in [0.717, 1.165) is 0 Å². The molecule has 0 fully saturated rings. The SMILES string of the molecule is Cc1c(-c2ccc(O)c(Cl)c2)oc2cccc(O)c2c1=O. The van der Waals surface area contributed by atoms with E-state index in [4.69, 9.17) is 16.0 Å². The van der Waals surface area contributed by atoms with Crippen molar-refractivity contribution in [2.75, 3.05) is 0 Å². The van der Waals surface area contributed by atoms with Crippen LogP contribution in [0, 0.1) is 6.92 Å². The molecule has 21 heavy (non-hydrogen) atoms. The molecule has 0 unspecified atom stereocenters. The molecule has 0 aliphatic rings. The summed E-state index contributed by atoms with van der Waals surface area (Å²) in [5, 5.41) is 19.6. The summed E-state index contributed by atoms with van der Waals surface area (Å²) in [5.74, 6) is 0.207. The highest BCUT2D eigenvalue weighted by molar-refractivity contribution is 6.32. The number of hydrogen-bond acceptors (Lipinski definition) is 4. The van der Waals surface area contributed by atoms with Gasteiger partial charge >= 0.3 is 0 Å². The Labute approximate surface area is 124 Å². The van der Waals surface area contributed by atoms with Crippen molar-refractivity contribution < 1.29 is 14.6 Å². The molecule has 1 aromatic heterocycles. The molecule has 0 spiro atoms. The molecule has 4 nitrogen and oxygen atoms in total. The Morgan fingerprint density at radius 3 is 2.57 bits per heavy atom. The lowest BCUT2D eigenvalue weighted by Gasteiger charge is -2.08. The summed E-state index contributed by atoms with van der Waals surface area (Å²) in [6, 6.07) is 9.22. The molecule has 0 radical (unpaired) electrons. The van der Waals surface area contributed by atoms with Gasteiger partial charge in [-0.3, -0.25) is 4.79 Å². The van der Waals surface area contributed by atoms with E-state index in [1.54, 1.807) is 25.1 Å². The number of benzene rings is 2. The minimum Gasteiger partial charge on any atom is -0.507 e. The number of fused-ring (bicyclic) bond motifs is 1. The third-order valence-electron chi connectivity index (χ3n) is 3.33. The lowest BCUT2D eigenvalue weighted by Crippen LogP contribution is -2.07. The van der Waals surface area contributed by atoms with Crippen LogP contribution in [0.15, 0.2) is 45.6 Å². The second-order valence-corrected chi connectivity index (χ2v) is 5.11. The van der Waals surface area contributed by atoms with E-state index >= 15 is 0 Å². The Kier molecular flexibility index (Phi) is 3.11. The fourth-order valence-electron chi connectivity index (χ4n) is 2.23. The molecule has 0 aliphatic carbocycles. The standard InChI is InChI=1S/C16H11ClO4/c1-8-15(20)14-12(19)3-2-4-13(14)21-16(8)9-5-6-11(18)10(17)7-9/h2-7,18-19H,1H3. The fraction of sp³-hybridized carbons (Fsp3) is 0.0625. The molecule has 0 atom stereocenters. The van der Waals surface area contributed by atoms with Crippen LogP contribution in [0.1, 0.15) is 5.56 Å². The highest BCUT2D eigenvalue weighted by Crippen LogP contribution is 2.33. The van der Waals surface area contributed by atoms with Crippen LogP contribution < -0.4 is 5.43 Å². The zero-order chi connectivity index (χ0) is 15.1. The van der Waals surface area contributed by atoms with Gasteiger partial charge in [0.2, 0.25) is 0 Å². The molecule has 1 heterocycles. The quantitative estimate of drug-likeness (QED) is 0.716. The molecule has 5 heteroatoms. The Balaban J connectivity index is 2.36. The molecule has 0 aliphatic heterocycles. The molecular formula is C16H11ClO4. The first-order valence-electron chi connectivity index (χ1n) is 6.23. The largest absolute Gasteiger partial charge is 0.507 e. The fourth-order valence-corrected chi connectivity index (χ4v) is 2.41. The third-order valence-corrected chi connectivity index (χ3v) is 3.64. The van der Waals surface area contributed by atoms with Gasteiger partial charge in [0, 0.05) is 11.1 Å². The Morgan fingerprint density at radius 1 is 1.10 bits per heavy atom. The van der Waals surface area contributed by atoms with Gasteiger partial charge in [-0.1, -0.05) is 17.7 Å². The number of phenols is 2. The van der Waals surface area contributed by atoms with Crippen LogP contribution in [-0.4, -0.2) is 10.2 Å². The summed E-state index contributed by atoms with van der Waals surface area (Å²) in [7, 11) is 0. The first-order chi connectivity index (χ1) is 9.99. The molecule has 2 N–H and O–H groups in total. The topological polar surface area (TPSA) is 70.7 Å². The lowest BCUT2D eigenvalue weighted by molar-refractivity contribution is 0.475. The van der Waals surface area contributed by atoms with Gasteiger partial charge < -0.3 is 14.6 Å². The van der Waals surface area contributed by atoms with Crippen LogP contribution in [0.4, 0.5) is 0 Å². The highest BCUT2D eigenvalue weighted by Gasteiger charge is 2.15. The number of rotatable bonds is 1. The summed E-state index contributed by atoms with van der Waals surface area (Å²) in [4.78, 5) is 12.4. The maximum Gasteiger partial charge on any atom is 0.199 e. The van der Waals surface area contributed by atoms with Crippen LogP contribution in [-0.2, 0) is 0 Å². The van der Waals surface area contributed by atoms with Crippen molar-refractivity contribution in [2.24, 2.45) is 0 Å². The smallest absolute Gasteiger partial charge is 0.199 e. The molecule has 3 aromatic rings. The van der Waals surface area contributed by atoms with Gasteiger partial charge in [0.15, 0.2) is 5.43 Å². The lowest BCUT2D eigenvalue weighted by atomic mass is 10.1. The van der Waals surface area contributed by atoms with Gasteiger partial charge in [-0.05, 0) is 37.3 Å². The van der Waals surface area contributed by atoms with Crippen LogP contribution in [0.25, 0.3) is 22.3 Å². The summed E-state index contributed by atoms with van der Waals surface area (Å²) >= 11 is 5.89. The Bertz CT molecular complexity index is 912. The van der Waals surface area contributed by atoms with E-state index in [0.29, 0.717) is 22.5 Å². The molecule has 106 valence electrons. The van der Waals surface area contributed by atoms with Crippen molar-refractivity contribution in [1.29, 1.82) is 0 Å². The van der Waals surface area contributed by atoms with E-state index in [9.17, 15) is 15.0 Å². The summed E-state index contributed by atoms with van der Waals surface area (Å²) < 4.78 is 5.73. The summed E-state index contributed by atoms with van der Waals surface area (Å²) in [6.07, 6.45) is 0. The average molecular weight is 303 g/mol. The van der Waals surface area contributed by atoms with Gasteiger partial charge in [-0.2, -0.15) is 0 Å². The van der Waals surface area contributed by atoms with Gasteiger partial charge in [-0.15, -0.1) is 0 Å². The summed E-state index contributed by atoms with van der Waals surface area (Å²) in [5.41, 5.74) is 0.946. The monoisotopic (exact) mass is 302 g/mol. The zero-order valence-electron chi connectivity index (χ0n) is 11.1. The molecular weight excluding hydrogens is 292 g/mol. The van der Waals surface area contributed by atoms with Crippen molar-refractivity contribution in [3.63, 3.8) is 0 Å². The van der Waals surface area contributed by atoms with E-state index in [1.165, 1.54) is 18.2 Å². The van der Waals surface area contributed by atoms with E-state index in [2.05, 4.69) is 0 Å². The van der Waals surface area contributed by atoms with Crippen molar-refractivity contribution in [1.82, 2.24) is 0 Å². The summed E-state index contributed by atoms with van der Waals surface area (Å²) in [6.45, 7) is 1.62. The second-order valence-electron chi connectivity index (χ2n) is 4.70. The number of hydrogen-bond donors (Lipinski definition) is 2. The van der Waals surface area contributed by atoms with Crippen LogP contribution >= 0.6 is 11.6 Å². The van der Waals surface area contributed by atoms with E-state index < -0.39 is 0 Å². The normalized spacial score (nSPS) is 11.0. The number of aromatic hydroxyl groups is 2. The number of halogens is 1. The van der Waals surface area contributed by atoms with Crippen molar-refractivity contribution in [3.8, 4) is 22.8 Å². The molecule has 2 aromatic carbocycles. The first-order valence-corrected chi connectivity index (χ1v) is 6.61. The average Bonchev–Trinajstić information content (AvgIpc) is 2.46. The predicted octanol–water partition coefficient (Wildman–Crippen LogP) is 3.83. The first kappa shape index (κ1) is 13.5. The van der Waals surface area contributed by atoms with Crippen LogP contribution in [0.5, 0.6) is 11.5 Å². The van der Waals surface area contributed by atoms with Crippen LogP contribution in [0.2, 0.25) is 5.02 Å². The zero-order valence-corrected chi connectivity index (χ0v) is 11.8. The highest BCUT2D eigenvalue weighted by atomic mass is 35.5. The molecule has 3 rings (SSSR count). The van der Waals surface area contributed by atoms with Gasteiger partial charge in [0.05, 0.1) is 5.02 Å². The van der Waals surface area contributed by atoms with Gasteiger partial charge in [0.1, 0.15) is 28.2 Å². The maximum absolute atomic E-state index is 12.4. The Hall–Kier alpha value is -2.46. The molecule has 0 saturated heterocycles. The number of phenolic OH excluding ortho intramolecular Hbond substituents is 2. The van der Waals surface area contributed by atoms with Crippen molar-refractivity contribution in [3.05, 3.63) is 57.2 Å². The minimum absolute atomic E-state index is 0.0427. The molecule has 0 saturated carbocycles. The third kappa shape index (κ3) is 2.14.